The molecule has 26 heavy (non-hydrogen) atoms. The fraction of sp³-hybridized carbons (Fsp3) is 0.474. The maximum Gasteiger partial charge on any atom is 0.348 e. The van der Waals surface area contributed by atoms with Crippen molar-refractivity contribution < 1.29 is 28.5 Å². The summed E-state index contributed by atoms with van der Waals surface area (Å²) >= 11 is 0. The number of hydrogen-bond acceptors (Lipinski definition) is 7. The highest BCUT2D eigenvalue weighted by Gasteiger charge is 2.38. The van der Waals surface area contributed by atoms with Gasteiger partial charge in [0.05, 0.1) is 13.2 Å². The summed E-state index contributed by atoms with van der Waals surface area (Å²) in [5, 5.41) is 0. The van der Waals surface area contributed by atoms with Gasteiger partial charge in [0.15, 0.2) is 0 Å². The summed E-state index contributed by atoms with van der Waals surface area (Å²) in [4.78, 5) is 26.5. The van der Waals surface area contributed by atoms with E-state index in [9.17, 15) is 9.59 Å². The summed E-state index contributed by atoms with van der Waals surface area (Å²) < 4.78 is 21.4. The molecule has 2 fully saturated rings. The lowest BCUT2D eigenvalue weighted by Crippen LogP contribution is -2.41. The summed E-state index contributed by atoms with van der Waals surface area (Å²) in [6, 6.07) is 7.23. The van der Waals surface area contributed by atoms with Gasteiger partial charge in [0.1, 0.15) is 17.9 Å². The number of carbonyl (C=O) groups is 2. The van der Waals surface area contributed by atoms with Gasteiger partial charge >= 0.3 is 11.9 Å². The average molecular weight is 361 g/mol. The van der Waals surface area contributed by atoms with Gasteiger partial charge in [0, 0.05) is 39.0 Å². The minimum atomic E-state index is -1.25. The number of carbonyl (C=O) groups excluding carboxylic acids is 2. The second-order valence-electron chi connectivity index (χ2n) is 6.58. The van der Waals surface area contributed by atoms with Gasteiger partial charge in [0.25, 0.3) is 5.79 Å². The number of morpholine rings is 1. The number of benzene rings is 1. The van der Waals surface area contributed by atoms with E-state index in [-0.39, 0.29) is 5.57 Å². The predicted octanol–water partition coefficient (Wildman–Crippen LogP) is 1.62. The lowest BCUT2D eigenvalue weighted by molar-refractivity contribution is -0.222. The van der Waals surface area contributed by atoms with E-state index in [0.29, 0.717) is 17.9 Å². The van der Waals surface area contributed by atoms with Crippen LogP contribution in [0.3, 0.4) is 0 Å². The largest absolute Gasteiger partial charge is 0.492 e. The molecule has 0 radical (unpaired) electrons. The Morgan fingerprint density at radius 2 is 1.77 bits per heavy atom. The molecule has 1 aromatic carbocycles. The summed E-state index contributed by atoms with van der Waals surface area (Å²) in [7, 11) is 0. The van der Waals surface area contributed by atoms with Gasteiger partial charge in [-0.15, -0.1) is 0 Å². The summed E-state index contributed by atoms with van der Waals surface area (Å²) in [6.45, 7) is 7.58. The molecule has 140 valence electrons. The Morgan fingerprint density at radius 3 is 2.46 bits per heavy atom. The highest BCUT2D eigenvalue weighted by atomic mass is 16.7. The second kappa shape index (κ2) is 7.88. The standard InChI is InChI=1S/C19H23NO6/c1-19(2)25-17(21)15(18(22)26-19)13-14-5-3-4-6-16(14)24-12-9-20-7-10-23-11-8-20/h3-6,13H,7-12H2,1-2H3. The molecule has 2 heterocycles. The fourth-order valence-electron chi connectivity index (χ4n) is 2.77. The van der Waals surface area contributed by atoms with Crippen LogP contribution in [0.5, 0.6) is 5.75 Å². The predicted molar refractivity (Wildman–Crippen MR) is 93.4 cm³/mol. The zero-order chi connectivity index (χ0) is 18.6. The summed E-state index contributed by atoms with van der Waals surface area (Å²) in [5.74, 6) is -2.05. The Bertz CT molecular complexity index is 684. The maximum absolute atomic E-state index is 12.1. The van der Waals surface area contributed by atoms with Gasteiger partial charge in [-0.25, -0.2) is 9.59 Å². The molecule has 0 aliphatic carbocycles. The highest BCUT2D eigenvalue weighted by molar-refractivity contribution is 6.19. The third-order valence-electron chi connectivity index (χ3n) is 4.10. The topological polar surface area (TPSA) is 74.3 Å². The number of rotatable bonds is 5. The quantitative estimate of drug-likeness (QED) is 0.448. The molecule has 7 nitrogen and oxygen atoms in total. The Morgan fingerprint density at radius 1 is 1.12 bits per heavy atom. The molecule has 2 aliphatic heterocycles. The maximum atomic E-state index is 12.1. The first-order valence-corrected chi connectivity index (χ1v) is 8.65. The molecule has 0 bridgehead atoms. The third-order valence-corrected chi connectivity index (χ3v) is 4.10. The number of esters is 2. The molecule has 0 atom stereocenters. The lowest BCUT2D eigenvalue weighted by Gasteiger charge is -2.29. The third kappa shape index (κ3) is 4.62. The Labute approximate surface area is 152 Å². The molecule has 1 aromatic rings. The van der Waals surface area contributed by atoms with Crippen molar-refractivity contribution in [2.45, 2.75) is 19.6 Å². The van der Waals surface area contributed by atoms with Crippen LogP contribution >= 0.6 is 0 Å². The van der Waals surface area contributed by atoms with Gasteiger partial charge < -0.3 is 18.9 Å². The van der Waals surface area contributed by atoms with Crippen LogP contribution in [0, 0.1) is 0 Å². The van der Waals surface area contributed by atoms with Gasteiger partial charge in [0.2, 0.25) is 0 Å². The van der Waals surface area contributed by atoms with Crippen molar-refractivity contribution in [2.75, 3.05) is 39.5 Å². The molecule has 0 saturated carbocycles. The Balaban J connectivity index is 1.68. The number of hydrogen-bond donors (Lipinski definition) is 0. The van der Waals surface area contributed by atoms with Crippen molar-refractivity contribution in [2.24, 2.45) is 0 Å². The molecular weight excluding hydrogens is 338 g/mol. The minimum Gasteiger partial charge on any atom is -0.492 e. The molecule has 0 aromatic heterocycles. The van der Waals surface area contributed by atoms with Crippen LogP contribution in [0.15, 0.2) is 29.8 Å². The van der Waals surface area contributed by atoms with E-state index in [1.54, 1.807) is 12.1 Å². The molecule has 2 saturated heterocycles. The normalized spacial score (nSPS) is 20.3. The molecule has 7 heteroatoms. The first-order valence-electron chi connectivity index (χ1n) is 8.65. The zero-order valence-corrected chi connectivity index (χ0v) is 15.0. The minimum absolute atomic E-state index is 0.145. The SMILES string of the molecule is CC1(C)OC(=O)C(=Cc2ccccc2OCCN2CCOCC2)C(=O)O1. The van der Waals surface area contributed by atoms with Crippen molar-refractivity contribution >= 4 is 18.0 Å². The molecule has 0 amide bonds. The van der Waals surface area contributed by atoms with E-state index < -0.39 is 17.7 Å². The van der Waals surface area contributed by atoms with Crippen LogP contribution in [-0.4, -0.2) is 62.1 Å². The van der Waals surface area contributed by atoms with Gasteiger partial charge in [-0.3, -0.25) is 4.90 Å². The van der Waals surface area contributed by atoms with Crippen LogP contribution < -0.4 is 4.74 Å². The van der Waals surface area contributed by atoms with Crippen molar-refractivity contribution in [1.29, 1.82) is 0 Å². The summed E-state index contributed by atoms with van der Waals surface area (Å²) in [6.07, 6.45) is 1.45. The highest BCUT2D eigenvalue weighted by Crippen LogP contribution is 2.27. The Hall–Kier alpha value is -2.38. The van der Waals surface area contributed by atoms with Crippen LogP contribution in [-0.2, 0) is 23.8 Å². The lowest BCUT2D eigenvalue weighted by atomic mass is 10.1. The van der Waals surface area contributed by atoms with Crippen LogP contribution in [0.2, 0.25) is 0 Å². The number of nitrogens with zero attached hydrogens (tertiary/aromatic N) is 1. The first-order chi connectivity index (χ1) is 12.4. The van der Waals surface area contributed by atoms with Crippen LogP contribution in [0.25, 0.3) is 6.08 Å². The van der Waals surface area contributed by atoms with E-state index in [1.807, 2.05) is 12.1 Å². The fourth-order valence-corrected chi connectivity index (χ4v) is 2.77. The number of cyclic esters (lactones) is 2. The first kappa shape index (κ1) is 18.4. The zero-order valence-electron chi connectivity index (χ0n) is 15.0. The Kier molecular flexibility index (Phi) is 5.58. The molecule has 0 N–H and O–H groups in total. The monoisotopic (exact) mass is 361 g/mol. The number of ether oxygens (including phenoxy) is 4. The van der Waals surface area contributed by atoms with E-state index in [0.717, 1.165) is 32.8 Å². The van der Waals surface area contributed by atoms with Crippen molar-refractivity contribution in [3.8, 4) is 5.75 Å². The van der Waals surface area contributed by atoms with Crippen molar-refractivity contribution in [3.63, 3.8) is 0 Å². The van der Waals surface area contributed by atoms with Crippen LogP contribution in [0.4, 0.5) is 0 Å². The summed E-state index contributed by atoms with van der Waals surface area (Å²) in [5.41, 5.74) is 0.478. The second-order valence-corrected chi connectivity index (χ2v) is 6.58. The van der Waals surface area contributed by atoms with Gasteiger partial charge in [-0.2, -0.15) is 0 Å². The smallest absolute Gasteiger partial charge is 0.348 e. The average Bonchev–Trinajstić information content (AvgIpc) is 2.59. The molecular formula is C19H23NO6. The van der Waals surface area contributed by atoms with Crippen LogP contribution in [0.1, 0.15) is 19.4 Å². The van der Waals surface area contributed by atoms with E-state index in [2.05, 4.69) is 4.90 Å². The van der Waals surface area contributed by atoms with E-state index in [1.165, 1.54) is 19.9 Å². The van der Waals surface area contributed by atoms with E-state index >= 15 is 0 Å². The molecule has 2 aliphatic rings. The van der Waals surface area contributed by atoms with Gasteiger partial charge in [-0.1, -0.05) is 18.2 Å². The molecule has 0 unspecified atom stereocenters. The molecule has 3 rings (SSSR count). The number of para-hydroxylation sites is 1. The van der Waals surface area contributed by atoms with Gasteiger partial charge in [-0.05, 0) is 12.1 Å². The molecule has 0 spiro atoms. The van der Waals surface area contributed by atoms with Crippen molar-refractivity contribution in [3.05, 3.63) is 35.4 Å². The van der Waals surface area contributed by atoms with Crippen molar-refractivity contribution in [1.82, 2.24) is 4.90 Å². The van der Waals surface area contributed by atoms with E-state index in [4.69, 9.17) is 18.9 Å².